The lowest BCUT2D eigenvalue weighted by atomic mass is 10.2. The average molecular weight is 336 g/mol. The average Bonchev–Trinajstić information content (AvgIpc) is 2.60. The molecule has 1 amide bonds. The summed E-state index contributed by atoms with van der Waals surface area (Å²) in [5, 5.41) is 2.37. The van der Waals surface area contributed by atoms with Crippen LogP contribution in [0.2, 0.25) is 0 Å². The van der Waals surface area contributed by atoms with E-state index in [4.69, 9.17) is 5.73 Å². The smallest absolute Gasteiger partial charge is 0.212 e. The highest BCUT2D eigenvalue weighted by molar-refractivity contribution is 5.70. The number of aromatic nitrogens is 2. The molecule has 0 radical (unpaired) electrons. The van der Waals surface area contributed by atoms with Gasteiger partial charge in [-0.05, 0) is 24.1 Å². The molecule has 130 valence electrons. The number of amides is 1. The number of anilines is 1. The van der Waals surface area contributed by atoms with Crippen LogP contribution < -0.4 is 11.1 Å². The van der Waals surface area contributed by atoms with Crippen molar-refractivity contribution in [1.82, 2.24) is 9.97 Å². The van der Waals surface area contributed by atoms with E-state index in [0.717, 1.165) is 18.1 Å². The Hall–Kier alpha value is -2.83. The van der Waals surface area contributed by atoms with Crippen LogP contribution in [0.1, 0.15) is 32.0 Å². The van der Waals surface area contributed by atoms with Crippen molar-refractivity contribution in [2.24, 2.45) is 5.73 Å². The first-order valence-electron chi connectivity index (χ1n) is 7.38. The lowest BCUT2D eigenvalue weighted by Gasteiger charge is -2.00. The van der Waals surface area contributed by atoms with Gasteiger partial charge in [-0.2, -0.15) is 0 Å². The van der Waals surface area contributed by atoms with Gasteiger partial charge in [0, 0.05) is 6.07 Å². The van der Waals surface area contributed by atoms with Gasteiger partial charge in [0.25, 0.3) is 0 Å². The molecule has 1 aromatic carbocycles. The number of rotatable bonds is 4. The normalized spacial score (nSPS) is 8.88. The molecule has 0 aliphatic heterocycles. The molecule has 1 heterocycles. The van der Waals surface area contributed by atoms with Crippen molar-refractivity contribution in [2.75, 3.05) is 5.32 Å². The molecule has 0 aliphatic carbocycles. The standard InChI is InChI=1S/C8H8F2.C7H8N4O.C2H6/c1-2-6-3-4-7(9)8(10)5-6;1-5(8)6-2-7(11-4-12)10-3-9-6;1-2/h3-5H,2H2,1H3;2-4H,1,8H2,(H,9,10,11,12);1-2H3. The molecule has 24 heavy (non-hydrogen) atoms. The summed E-state index contributed by atoms with van der Waals surface area (Å²) in [7, 11) is 0. The van der Waals surface area contributed by atoms with Gasteiger partial charge in [-0.1, -0.05) is 33.4 Å². The van der Waals surface area contributed by atoms with E-state index in [9.17, 15) is 13.6 Å². The number of nitrogens with one attached hydrogen (secondary N) is 1. The Labute approximate surface area is 140 Å². The van der Waals surface area contributed by atoms with E-state index in [1.165, 1.54) is 18.5 Å². The molecule has 0 unspecified atom stereocenters. The SMILES string of the molecule is C=C(N)c1cc(NC=O)ncn1.CC.CCc1ccc(F)c(F)c1. The van der Waals surface area contributed by atoms with Crippen LogP contribution in [-0.2, 0) is 11.2 Å². The summed E-state index contributed by atoms with van der Waals surface area (Å²) in [5.74, 6) is -1.14. The maximum absolute atomic E-state index is 12.4. The van der Waals surface area contributed by atoms with Gasteiger partial charge in [-0.25, -0.2) is 18.7 Å². The number of nitrogens with zero attached hydrogens (tertiary/aromatic N) is 2. The summed E-state index contributed by atoms with van der Waals surface area (Å²) < 4.78 is 24.7. The van der Waals surface area contributed by atoms with Crippen LogP contribution in [0.15, 0.2) is 37.2 Å². The van der Waals surface area contributed by atoms with E-state index in [1.54, 1.807) is 6.07 Å². The third-order valence-electron chi connectivity index (χ3n) is 2.60. The molecule has 0 atom stereocenters. The molecule has 0 aliphatic rings. The molecule has 2 rings (SSSR count). The zero-order chi connectivity index (χ0) is 18.5. The highest BCUT2D eigenvalue weighted by Crippen LogP contribution is 2.08. The number of benzene rings is 1. The van der Waals surface area contributed by atoms with E-state index in [1.807, 2.05) is 20.8 Å². The number of carbonyl (C=O) groups excluding carboxylic acids is 1. The van der Waals surface area contributed by atoms with Crippen LogP contribution in [0.5, 0.6) is 0 Å². The Kier molecular flexibility index (Phi) is 10.3. The highest BCUT2D eigenvalue weighted by Gasteiger charge is 1.99. The molecule has 0 bridgehead atoms. The number of carbonyl (C=O) groups is 1. The van der Waals surface area contributed by atoms with Crippen LogP contribution in [0, 0.1) is 11.6 Å². The Balaban J connectivity index is 0.000000405. The second kappa shape index (κ2) is 11.7. The van der Waals surface area contributed by atoms with Crippen LogP contribution >= 0.6 is 0 Å². The van der Waals surface area contributed by atoms with Gasteiger partial charge in [0.05, 0.1) is 11.4 Å². The van der Waals surface area contributed by atoms with Gasteiger partial charge in [0.2, 0.25) is 6.41 Å². The summed E-state index contributed by atoms with van der Waals surface area (Å²) in [6.45, 7) is 9.39. The van der Waals surface area contributed by atoms with Gasteiger partial charge in [-0.3, -0.25) is 4.79 Å². The van der Waals surface area contributed by atoms with Gasteiger partial charge in [0.15, 0.2) is 11.6 Å². The molecule has 2 aromatic rings. The number of hydrogen-bond acceptors (Lipinski definition) is 4. The van der Waals surface area contributed by atoms with Crippen molar-refractivity contribution in [3.8, 4) is 0 Å². The molecule has 1 aromatic heterocycles. The van der Waals surface area contributed by atoms with Crippen molar-refractivity contribution >= 4 is 17.9 Å². The minimum absolute atomic E-state index is 0.339. The number of hydrogen-bond donors (Lipinski definition) is 2. The summed E-state index contributed by atoms with van der Waals surface area (Å²) >= 11 is 0. The Bertz CT molecular complexity index is 663. The zero-order valence-corrected chi connectivity index (χ0v) is 14.0. The minimum Gasteiger partial charge on any atom is -0.397 e. The highest BCUT2D eigenvalue weighted by atomic mass is 19.2. The molecule has 3 N–H and O–H groups in total. The third-order valence-corrected chi connectivity index (χ3v) is 2.60. The summed E-state index contributed by atoms with van der Waals surface area (Å²) in [6.07, 6.45) is 2.57. The molecule has 0 fully saturated rings. The molecular weight excluding hydrogens is 314 g/mol. The van der Waals surface area contributed by atoms with Gasteiger partial charge in [-0.15, -0.1) is 0 Å². The Morgan fingerprint density at radius 1 is 1.25 bits per heavy atom. The molecule has 5 nitrogen and oxygen atoms in total. The monoisotopic (exact) mass is 336 g/mol. The van der Waals surface area contributed by atoms with Crippen molar-refractivity contribution in [1.29, 1.82) is 0 Å². The second-order valence-electron chi connectivity index (χ2n) is 4.18. The van der Waals surface area contributed by atoms with Crippen molar-refractivity contribution in [2.45, 2.75) is 27.2 Å². The Morgan fingerprint density at radius 3 is 2.42 bits per heavy atom. The maximum atomic E-state index is 12.4. The predicted molar refractivity (Wildman–Crippen MR) is 92.0 cm³/mol. The van der Waals surface area contributed by atoms with E-state index < -0.39 is 11.6 Å². The van der Waals surface area contributed by atoms with Crippen LogP contribution in [-0.4, -0.2) is 16.4 Å². The van der Waals surface area contributed by atoms with Gasteiger partial charge in [0.1, 0.15) is 12.1 Å². The molecule has 0 spiro atoms. The van der Waals surface area contributed by atoms with Gasteiger partial charge < -0.3 is 11.1 Å². The van der Waals surface area contributed by atoms with Crippen molar-refractivity contribution in [3.05, 3.63) is 60.1 Å². The first-order chi connectivity index (χ1) is 11.5. The molecule has 0 saturated heterocycles. The van der Waals surface area contributed by atoms with Gasteiger partial charge >= 0.3 is 0 Å². The second-order valence-corrected chi connectivity index (χ2v) is 4.18. The quantitative estimate of drug-likeness (QED) is 0.837. The van der Waals surface area contributed by atoms with Crippen LogP contribution in [0.3, 0.4) is 0 Å². The molecule has 7 heteroatoms. The van der Waals surface area contributed by atoms with Crippen LogP contribution in [0.4, 0.5) is 14.6 Å². The fourth-order valence-corrected chi connectivity index (χ4v) is 1.43. The third kappa shape index (κ3) is 7.44. The zero-order valence-electron chi connectivity index (χ0n) is 14.0. The molecular formula is C17H22F2N4O. The van der Waals surface area contributed by atoms with Crippen molar-refractivity contribution in [3.63, 3.8) is 0 Å². The Morgan fingerprint density at radius 2 is 1.92 bits per heavy atom. The van der Waals surface area contributed by atoms with E-state index in [2.05, 4.69) is 21.9 Å². The topological polar surface area (TPSA) is 80.9 Å². The first-order valence-corrected chi connectivity index (χ1v) is 7.38. The van der Waals surface area contributed by atoms with E-state index in [-0.39, 0.29) is 0 Å². The number of halogens is 2. The number of aryl methyl sites for hydroxylation is 1. The lowest BCUT2D eigenvalue weighted by molar-refractivity contribution is -0.105. The minimum atomic E-state index is -0.780. The summed E-state index contributed by atoms with van der Waals surface area (Å²) in [5.41, 5.74) is 7.04. The van der Waals surface area contributed by atoms with E-state index in [0.29, 0.717) is 23.6 Å². The largest absolute Gasteiger partial charge is 0.397 e. The fraction of sp³-hybridized carbons (Fsp3) is 0.235. The number of nitrogens with two attached hydrogens (primary N) is 1. The fourth-order valence-electron chi connectivity index (χ4n) is 1.43. The van der Waals surface area contributed by atoms with Crippen molar-refractivity contribution < 1.29 is 13.6 Å². The lowest BCUT2D eigenvalue weighted by Crippen LogP contribution is -2.02. The maximum Gasteiger partial charge on any atom is 0.212 e. The van der Waals surface area contributed by atoms with Crippen LogP contribution in [0.25, 0.3) is 5.70 Å². The van der Waals surface area contributed by atoms with E-state index >= 15 is 0 Å². The molecule has 0 saturated carbocycles. The predicted octanol–water partition coefficient (Wildman–Crippen LogP) is 3.53. The summed E-state index contributed by atoms with van der Waals surface area (Å²) in [4.78, 5) is 17.6. The summed E-state index contributed by atoms with van der Waals surface area (Å²) in [6, 6.07) is 5.48. The first kappa shape index (κ1) is 21.2.